The average Bonchev–Trinajstić information content (AvgIpc) is 2.60. The first-order valence-electron chi connectivity index (χ1n) is 3.62. The lowest BCUT2D eigenvalue weighted by molar-refractivity contribution is -0.136. The zero-order chi connectivity index (χ0) is 9.14. The van der Waals surface area contributed by atoms with E-state index in [9.17, 15) is 4.79 Å². The van der Waals surface area contributed by atoms with Crippen molar-refractivity contribution in [2.24, 2.45) is 0 Å². The van der Waals surface area contributed by atoms with Crippen LogP contribution in [0.5, 0.6) is 0 Å². The van der Waals surface area contributed by atoms with Crippen molar-refractivity contribution in [3.8, 4) is 11.1 Å². The quantitative estimate of drug-likeness (QED) is 0.662. The van der Waals surface area contributed by atoms with Crippen LogP contribution in [0.15, 0.2) is 24.3 Å². The van der Waals surface area contributed by atoms with Gasteiger partial charge in [0, 0.05) is 0 Å². The van der Waals surface area contributed by atoms with Gasteiger partial charge in [0.15, 0.2) is 0 Å². The summed E-state index contributed by atoms with van der Waals surface area (Å²) in [6, 6.07) is 8.48. The first-order valence-corrected chi connectivity index (χ1v) is 4.14. The molecule has 0 saturated carbocycles. The highest BCUT2D eigenvalue weighted by atomic mass is 32.1. The highest BCUT2D eigenvalue weighted by Crippen LogP contribution is 2.32. The van der Waals surface area contributed by atoms with Crippen molar-refractivity contribution in [2.75, 3.05) is 0 Å². The van der Waals surface area contributed by atoms with Gasteiger partial charge in [-0.1, -0.05) is 18.2 Å². The van der Waals surface area contributed by atoms with E-state index in [1.807, 2.05) is 0 Å². The fourth-order valence-electron chi connectivity index (χ4n) is 0.676. The van der Waals surface area contributed by atoms with E-state index in [1.54, 1.807) is 0 Å². The van der Waals surface area contributed by atoms with Crippen molar-refractivity contribution in [3.05, 3.63) is 24.3 Å². The van der Waals surface area contributed by atoms with Crippen molar-refractivity contribution < 1.29 is 9.90 Å². The standard InChI is InChI=1S/C6H4.C3H6O2S/c1-2-5-4-6(5)3-1;1-2(6)3(4)5/h1-4H;2,6H,1H3,(H,4,5). The third-order valence-corrected chi connectivity index (χ3v) is 1.69. The van der Waals surface area contributed by atoms with Gasteiger partial charge in [0.1, 0.15) is 0 Å². The molecule has 2 rings (SSSR count). The first-order chi connectivity index (χ1) is 5.61. The molecule has 2 nitrogen and oxygen atoms in total. The minimum Gasteiger partial charge on any atom is -0.480 e. The summed E-state index contributed by atoms with van der Waals surface area (Å²) < 4.78 is 0. The van der Waals surface area contributed by atoms with Gasteiger partial charge in [-0.25, -0.2) is 0 Å². The molecule has 12 heavy (non-hydrogen) atoms. The lowest BCUT2D eigenvalue weighted by atomic mass is 10.5. The maximum atomic E-state index is 9.62. The predicted molar refractivity (Wildman–Crippen MR) is 51.5 cm³/mol. The largest absolute Gasteiger partial charge is 0.480 e. The monoisotopic (exact) mass is 182 g/mol. The van der Waals surface area contributed by atoms with Crippen molar-refractivity contribution in [1.82, 2.24) is 0 Å². The number of carboxylic acids is 1. The van der Waals surface area contributed by atoms with E-state index < -0.39 is 11.2 Å². The molecule has 1 unspecified atom stereocenters. The Labute approximate surface area is 76.6 Å². The maximum absolute atomic E-state index is 9.62. The Morgan fingerprint density at radius 3 is 2.00 bits per heavy atom. The molecular weight excluding hydrogens is 172 g/mol. The second kappa shape index (κ2) is 3.63. The number of aliphatic carboxylic acids is 1. The van der Waals surface area contributed by atoms with Gasteiger partial charge in [-0.15, -0.1) is 0 Å². The Kier molecular flexibility index (Phi) is 2.76. The number of hydrogen-bond acceptors (Lipinski definition) is 2. The number of hydrogen-bond donors (Lipinski definition) is 2. The van der Waals surface area contributed by atoms with Gasteiger partial charge in [-0.05, 0) is 24.1 Å². The maximum Gasteiger partial charge on any atom is 0.316 e. The van der Waals surface area contributed by atoms with E-state index in [1.165, 1.54) is 18.1 Å². The zero-order valence-electron chi connectivity index (χ0n) is 6.69. The zero-order valence-corrected chi connectivity index (χ0v) is 7.58. The van der Waals surface area contributed by atoms with E-state index in [-0.39, 0.29) is 0 Å². The lowest BCUT2D eigenvalue weighted by Crippen LogP contribution is -2.06. The molecule has 2 aliphatic carbocycles. The molecule has 0 aromatic rings. The third-order valence-electron chi connectivity index (χ3n) is 1.47. The highest BCUT2D eigenvalue weighted by molar-refractivity contribution is 7.81. The van der Waals surface area contributed by atoms with Gasteiger partial charge in [0.25, 0.3) is 0 Å². The van der Waals surface area contributed by atoms with Gasteiger partial charge >= 0.3 is 5.97 Å². The first kappa shape index (κ1) is 9.13. The fraction of sp³-hybridized carbons (Fsp3) is 0.222. The van der Waals surface area contributed by atoms with Crippen molar-refractivity contribution in [1.29, 1.82) is 0 Å². The summed E-state index contributed by atoms with van der Waals surface area (Å²) in [5.41, 5.74) is 2.85. The Hall–Kier alpha value is -0.960. The van der Waals surface area contributed by atoms with Crippen LogP contribution in [0.25, 0.3) is 11.1 Å². The molecule has 64 valence electrons. The molecule has 1 atom stereocenters. The van der Waals surface area contributed by atoms with Crippen LogP contribution in [0.1, 0.15) is 6.92 Å². The minimum absolute atomic E-state index is 0.537. The summed E-state index contributed by atoms with van der Waals surface area (Å²) in [6.07, 6.45) is 0. The minimum atomic E-state index is -0.877. The second-order valence-electron chi connectivity index (χ2n) is 2.60. The fourth-order valence-corrected chi connectivity index (χ4v) is 0.676. The van der Waals surface area contributed by atoms with Crippen LogP contribution in [0.2, 0.25) is 0 Å². The summed E-state index contributed by atoms with van der Waals surface area (Å²) >= 11 is 3.59. The Morgan fingerprint density at radius 1 is 1.50 bits per heavy atom. The van der Waals surface area contributed by atoms with Crippen LogP contribution in [-0.2, 0) is 4.79 Å². The summed E-state index contributed by atoms with van der Waals surface area (Å²) in [5, 5.41) is 7.38. The van der Waals surface area contributed by atoms with E-state index in [0.29, 0.717) is 0 Å². The van der Waals surface area contributed by atoms with Crippen LogP contribution in [0.3, 0.4) is 0 Å². The van der Waals surface area contributed by atoms with E-state index >= 15 is 0 Å². The molecule has 0 heterocycles. The van der Waals surface area contributed by atoms with Crippen LogP contribution >= 0.6 is 12.6 Å². The van der Waals surface area contributed by atoms with Gasteiger partial charge in [0.05, 0.1) is 5.25 Å². The Bertz CT molecular complexity index is 277. The molecule has 1 N–H and O–H groups in total. The second-order valence-corrected chi connectivity index (χ2v) is 3.37. The molecule has 0 aromatic carbocycles. The number of carbonyl (C=O) groups is 1. The normalized spacial score (nSPS) is 12.5. The van der Waals surface area contributed by atoms with Crippen LogP contribution < -0.4 is 0 Å². The molecule has 0 fully saturated rings. The predicted octanol–water partition coefficient (Wildman–Crippen LogP) is 2.06. The van der Waals surface area contributed by atoms with Gasteiger partial charge in [-0.3, -0.25) is 4.79 Å². The van der Waals surface area contributed by atoms with E-state index in [2.05, 4.69) is 36.9 Å². The van der Waals surface area contributed by atoms with Crippen molar-refractivity contribution in [2.45, 2.75) is 12.2 Å². The van der Waals surface area contributed by atoms with Gasteiger partial charge in [-0.2, -0.15) is 12.6 Å². The Balaban J connectivity index is 0.000000120. The van der Waals surface area contributed by atoms with E-state index in [0.717, 1.165) is 0 Å². The molecule has 2 aliphatic rings. The highest BCUT2D eigenvalue weighted by Gasteiger charge is 2.06. The van der Waals surface area contributed by atoms with Gasteiger partial charge in [0.2, 0.25) is 0 Å². The van der Waals surface area contributed by atoms with Crippen LogP contribution in [-0.4, -0.2) is 16.3 Å². The molecule has 0 spiro atoms. The summed E-state index contributed by atoms with van der Waals surface area (Å²) in [5.74, 6) is -0.877. The number of thiol groups is 1. The van der Waals surface area contributed by atoms with Crippen LogP contribution in [0.4, 0.5) is 0 Å². The summed E-state index contributed by atoms with van der Waals surface area (Å²) in [7, 11) is 0. The summed E-state index contributed by atoms with van der Waals surface area (Å²) in [4.78, 5) is 9.62. The van der Waals surface area contributed by atoms with Crippen molar-refractivity contribution >= 4 is 18.6 Å². The average molecular weight is 182 g/mol. The molecule has 0 bridgehead atoms. The van der Waals surface area contributed by atoms with Crippen molar-refractivity contribution in [3.63, 3.8) is 0 Å². The SMILES string of the molecule is CC(S)C(=O)O.c1cc2cc-2c1. The van der Waals surface area contributed by atoms with E-state index in [4.69, 9.17) is 5.11 Å². The Morgan fingerprint density at radius 2 is 1.92 bits per heavy atom. The number of fused-ring (bicyclic) bond motifs is 1. The summed E-state index contributed by atoms with van der Waals surface area (Å²) in [6.45, 7) is 1.51. The lowest BCUT2D eigenvalue weighted by Gasteiger charge is -1.88. The molecule has 0 aliphatic heterocycles. The molecule has 0 saturated heterocycles. The molecule has 3 heteroatoms. The number of benzene rings is 1. The molecular formula is C9H10O2S. The molecule has 0 aromatic heterocycles. The van der Waals surface area contributed by atoms with Gasteiger partial charge < -0.3 is 5.11 Å². The van der Waals surface area contributed by atoms with Crippen LogP contribution in [0, 0.1) is 0 Å². The third kappa shape index (κ3) is 2.58. The number of rotatable bonds is 1. The molecule has 0 amide bonds. The number of carboxylic acid groups (broad SMARTS) is 1. The smallest absolute Gasteiger partial charge is 0.316 e. The topological polar surface area (TPSA) is 37.3 Å². The molecule has 0 radical (unpaired) electrons.